The number of halogens is 4. The van der Waals surface area contributed by atoms with E-state index in [0.717, 1.165) is 54.1 Å². The zero-order valence-electron chi connectivity index (χ0n) is 48.8. The lowest BCUT2D eigenvalue weighted by Gasteiger charge is -2.44. The number of alkyl halides is 3. The molecule has 6 atom stereocenters. The number of likely N-dealkylation sites (N-methyl/N-ethyl adjacent to an activating group) is 1. The van der Waals surface area contributed by atoms with Gasteiger partial charge >= 0.3 is 6.18 Å². The fourth-order valence-electron chi connectivity index (χ4n) is 11.1. The number of piperazine rings is 1. The van der Waals surface area contributed by atoms with E-state index in [9.17, 15) is 47.0 Å². The first-order valence-electron chi connectivity index (χ1n) is 28.8. The van der Waals surface area contributed by atoms with Crippen molar-refractivity contribution in [1.29, 1.82) is 0 Å². The van der Waals surface area contributed by atoms with Gasteiger partial charge in [-0.3, -0.25) is 33.7 Å². The van der Waals surface area contributed by atoms with Crippen LogP contribution in [-0.2, 0) is 20.6 Å². The van der Waals surface area contributed by atoms with Crippen LogP contribution < -0.4 is 31.7 Å². The Balaban J connectivity index is 0.810. The average molecular weight is 1200 g/mol. The summed E-state index contributed by atoms with van der Waals surface area (Å²) < 4.78 is 63.4. The second kappa shape index (κ2) is 28.0. The number of β-amino-alcohol motifs (C(OH)–C–C–N with tert-alkyl or cyclic N) is 1. The minimum atomic E-state index is -4.99. The van der Waals surface area contributed by atoms with Gasteiger partial charge in [0.05, 0.1) is 62.8 Å². The van der Waals surface area contributed by atoms with Crippen LogP contribution in [0.4, 0.5) is 28.9 Å². The minimum absolute atomic E-state index is 0.0310. The molecule has 18 nitrogen and oxygen atoms in total. The molecule has 85 heavy (non-hydrogen) atoms. The minimum Gasteiger partial charge on any atom is -0.391 e. The van der Waals surface area contributed by atoms with Crippen LogP contribution in [0.25, 0.3) is 21.6 Å². The van der Waals surface area contributed by atoms with Crippen LogP contribution in [0.1, 0.15) is 140 Å². The van der Waals surface area contributed by atoms with Gasteiger partial charge in [-0.2, -0.15) is 13.2 Å². The van der Waals surface area contributed by atoms with E-state index >= 15 is 4.39 Å². The molecule has 0 radical (unpaired) electrons. The van der Waals surface area contributed by atoms with Crippen LogP contribution in [0, 0.1) is 25.6 Å². The third kappa shape index (κ3) is 15.8. The second-order valence-corrected chi connectivity index (χ2v) is 23.5. The van der Waals surface area contributed by atoms with E-state index in [-0.39, 0.29) is 66.0 Å². The summed E-state index contributed by atoms with van der Waals surface area (Å²) in [5.74, 6) is -3.96. The first-order chi connectivity index (χ1) is 40.5. The molecule has 5 amide bonds. The molecule has 8 rings (SSSR count). The maximum atomic E-state index is 15.9. The zero-order chi connectivity index (χ0) is 61.3. The maximum Gasteiger partial charge on any atom is 0.417 e. The predicted octanol–water partition coefficient (Wildman–Crippen LogP) is 9.55. The monoisotopic (exact) mass is 1190 g/mol. The molecular weight excluding hydrogens is 1120 g/mol. The number of H-pyrrole nitrogens is 1. The van der Waals surface area contributed by atoms with Gasteiger partial charge in [-0.1, -0.05) is 81.1 Å². The number of pyridine rings is 1. The maximum absolute atomic E-state index is 15.9. The van der Waals surface area contributed by atoms with Crippen molar-refractivity contribution in [3.8, 4) is 21.6 Å². The summed E-state index contributed by atoms with van der Waals surface area (Å²) in [6.07, 6.45) is -0.493. The molecule has 454 valence electrons. The highest BCUT2D eigenvalue weighted by atomic mass is 32.1. The SMILES string of the molecule is Cc1cc(C(C(=O)N2C[C@H](O)C[C@H]2C(=O)NC(CC(=O)NCCCCCCCCNC(=O)c2ccc(-c3ccc(N4C[C@@H](C)N(C)[C@@H](C)C4)c(NC(=O)c4c[nH]c(=O)cc4C(F)(F)F)c3)c(F)c2)c2ccc(-c3scnc3C)cc2)C(C)C)on1. The van der Waals surface area contributed by atoms with Crippen molar-refractivity contribution in [3.63, 3.8) is 0 Å². The van der Waals surface area contributed by atoms with Gasteiger partial charge < -0.3 is 45.7 Å². The van der Waals surface area contributed by atoms with Crippen molar-refractivity contribution in [3.05, 3.63) is 140 Å². The number of anilines is 2. The fraction of sp³-hybridized carbons (Fsp3) is 0.452. The van der Waals surface area contributed by atoms with E-state index in [0.29, 0.717) is 73.4 Å². The number of rotatable bonds is 23. The van der Waals surface area contributed by atoms with Gasteiger partial charge in [0.2, 0.25) is 23.3 Å². The van der Waals surface area contributed by atoms with Crippen molar-refractivity contribution in [2.75, 3.05) is 50.0 Å². The van der Waals surface area contributed by atoms with E-state index < -0.39 is 70.5 Å². The van der Waals surface area contributed by atoms with Crippen molar-refractivity contribution in [2.45, 2.75) is 135 Å². The van der Waals surface area contributed by atoms with Crippen molar-refractivity contribution < 1.29 is 51.2 Å². The van der Waals surface area contributed by atoms with Crippen LogP contribution in [0.2, 0.25) is 0 Å². The predicted molar refractivity (Wildman–Crippen MR) is 317 cm³/mol. The van der Waals surface area contributed by atoms with E-state index in [1.165, 1.54) is 34.4 Å². The van der Waals surface area contributed by atoms with Crippen LogP contribution in [0.3, 0.4) is 0 Å². The molecule has 3 aromatic carbocycles. The summed E-state index contributed by atoms with van der Waals surface area (Å²) in [4.78, 5) is 93.5. The fourth-order valence-corrected chi connectivity index (χ4v) is 11.9. The summed E-state index contributed by atoms with van der Waals surface area (Å²) in [5.41, 5.74) is 2.83. The van der Waals surface area contributed by atoms with Crippen molar-refractivity contribution in [1.82, 2.24) is 40.9 Å². The molecule has 0 saturated carbocycles. The number of thiazole rings is 1. The Hall–Kier alpha value is -7.76. The molecule has 2 fully saturated rings. The number of hydrogen-bond acceptors (Lipinski definition) is 13. The highest BCUT2D eigenvalue weighted by molar-refractivity contribution is 7.13. The number of nitrogens with zero attached hydrogens (tertiary/aromatic N) is 5. The summed E-state index contributed by atoms with van der Waals surface area (Å²) in [6, 6.07) is 16.9. The van der Waals surface area contributed by atoms with E-state index in [1.807, 2.05) is 70.8 Å². The van der Waals surface area contributed by atoms with Crippen molar-refractivity contribution >= 4 is 52.2 Å². The molecule has 0 bridgehead atoms. The number of aliphatic hydroxyl groups excluding tert-OH is 1. The molecule has 6 N–H and O–H groups in total. The summed E-state index contributed by atoms with van der Waals surface area (Å²) >= 11 is 1.51. The Bertz CT molecular complexity index is 3390. The van der Waals surface area contributed by atoms with Gasteiger partial charge in [0.1, 0.15) is 23.5 Å². The molecule has 3 aromatic heterocycles. The summed E-state index contributed by atoms with van der Waals surface area (Å²) in [5, 5.41) is 26.2. The normalized spacial score (nSPS) is 18.1. The number of carbonyl (C=O) groups is 5. The first kappa shape index (κ1) is 63.3. The number of unbranched alkanes of at least 4 members (excludes halogenated alkanes) is 5. The highest BCUT2D eigenvalue weighted by Gasteiger charge is 2.44. The van der Waals surface area contributed by atoms with Crippen molar-refractivity contribution in [2.24, 2.45) is 5.92 Å². The number of hydrogen-bond donors (Lipinski definition) is 6. The van der Waals surface area contributed by atoms with Gasteiger partial charge in [0, 0.05) is 80.7 Å². The molecule has 5 heterocycles. The van der Waals surface area contributed by atoms with Gasteiger partial charge in [0.25, 0.3) is 11.8 Å². The van der Waals surface area contributed by atoms with E-state index in [1.54, 1.807) is 30.6 Å². The first-order valence-corrected chi connectivity index (χ1v) is 29.6. The number of nitrogens with one attached hydrogen (secondary N) is 5. The Morgan fingerprint density at radius 1 is 0.847 bits per heavy atom. The number of likely N-dealkylation sites (tertiary alicyclic amines) is 1. The number of amides is 5. The number of aromatic amines is 1. The summed E-state index contributed by atoms with van der Waals surface area (Å²) in [7, 11) is 1.99. The molecule has 2 aliphatic rings. The third-order valence-corrected chi connectivity index (χ3v) is 16.9. The number of carbonyl (C=O) groups excluding carboxylic acids is 5. The molecule has 0 spiro atoms. The molecule has 6 aromatic rings. The lowest BCUT2D eigenvalue weighted by molar-refractivity contribution is -0.141. The molecule has 0 aliphatic carbocycles. The quantitative estimate of drug-likeness (QED) is 0.0260. The largest absolute Gasteiger partial charge is 0.417 e. The Labute approximate surface area is 495 Å². The Kier molecular flexibility index (Phi) is 20.8. The molecule has 2 saturated heterocycles. The number of benzene rings is 3. The standard InChI is InChI=1S/C62H74F4N10O8S/c1-35(2)56(53-24-36(3)73-84-53)61(83)76-33-44(77)27-52(76)60(82)71-49(40-14-16-41(17-15-40)57-39(6)70-34-85-57)29-55(79)67-22-12-10-8-9-11-13-23-68-58(80)43-18-20-45(48(63)25-43)42-19-21-51(75-31-37(4)74(7)38(5)32-75)50(26-42)72-59(81)46-30-69-54(78)28-47(46)62(64,65)66/h14-21,24-26,28,30,34-35,37-38,44,49,52,56,77H,8-13,22-23,27,29,31-33H2,1-7H3,(H,67,79)(H,68,80)(H,69,78)(H,71,82)(H,72,81)/t37-,38+,44-,49?,52+,56?/m1/s1. The number of aliphatic hydroxyl groups is 1. The number of aromatic nitrogens is 3. The zero-order valence-corrected chi connectivity index (χ0v) is 49.6. The van der Waals surface area contributed by atoms with Gasteiger partial charge in [-0.25, -0.2) is 9.37 Å². The van der Waals surface area contributed by atoms with Crippen LogP contribution >= 0.6 is 11.3 Å². The molecule has 2 unspecified atom stereocenters. The van der Waals surface area contributed by atoms with Gasteiger partial charge in [-0.05, 0) is 94.5 Å². The molecular formula is C62H74F4N10O8S. The van der Waals surface area contributed by atoms with E-state index in [4.69, 9.17) is 4.52 Å². The number of aryl methyl sites for hydroxylation is 2. The topological polar surface area (TPSA) is 235 Å². The van der Waals surface area contributed by atoms with Crippen LogP contribution in [-0.4, -0.2) is 124 Å². The lowest BCUT2D eigenvalue weighted by Crippen LogP contribution is -2.55. The summed E-state index contributed by atoms with van der Waals surface area (Å²) in [6.45, 7) is 13.3. The van der Waals surface area contributed by atoms with Crippen LogP contribution in [0.5, 0.6) is 0 Å². The Morgan fingerprint density at radius 3 is 2.14 bits per heavy atom. The average Bonchev–Trinajstić information content (AvgIpc) is 3.93. The van der Waals surface area contributed by atoms with E-state index in [2.05, 4.69) is 41.3 Å². The third-order valence-electron chi connectivity index (χ3n) is 16.0. The molecule has 23 heteroatoms. The smallest absolute Gasteiger partial charge is 0.391 e. The second-order valence-electron chi connectivity index (χ2n) is 22.6. The molecule has 2 aliphatic heterocycles. The van der Waals surface area contributed by atoms with Gasteiger partial charge in [-0.15, -0.1) is 11.3 Å². The van der Waals surface area contributed by atoms with Crippen LogP contribution in [0.15, 0.2) is 93.8 Å². The van der Waals surface area contributed by atoms with Gasteiger partial charge in [0.15, 0.2) is 0 Å². The Morgan fingerprint density at radius 2 is 1.52 bits per heavy atom. The lowest BCUT2D eigenvalue weighted by atomic mass is 9.91. The highest BCUT2D eigenvalue weighted by Crippen LogP contribution is 2.38.